The van der Waals surface area contributed by atoms with Crippen molar-refractivity contribution in [1.29, 1.82) is 0 Å². The van der Waals surface area contributed by atoms with Gasteiger partial charge in [-0.25, -0.2) is 5.43 Å². The van der Waals surface area contributed by atoms with Crippen molar-refractivity contribution in [3.63, 3.8) is 0 Å². The molecule has 1 aliphatic heterocycles. The highest BCUT2D eigenvalue weighted by Crippen LogP contribution is 2.45. The lowest BCUT2D eigenvalue weighted by Gasteiger charge is -2.47. The number of ether oxygens (including phenoxy) is 1. The summed E-state index contributed by atoms with van der Waals surface area (Å²) >= 11 is 3.38. The van der Waals surface area contributed by atoms with Crippen LogP contribution in [-0.2, 0) is 0 Å². The summed E-state index contributed by atoms with van der Waals surface area (Å²) in [5, 5.41) is 4.18. The number of carbonyl (C=O) groups is 1. The van der Waals surface area contributed by atoms with Crippen LogP contribution < -0.4 is 15.1 Å². The van der Waals surface area contributed by atoms with E-state index in [1.165, 1.54) is 11.3 Å². The van der Waals surface area contributed by atoms with Crippen molar-refractivity contribution in [2.24, 2.45) is 5.10 Å². The van der Waals surface area contributed by atoms with Crippen molar-refractivity contribution >= 4 is 33.7 Å². The number of hydrogen-bond acceptors (Lipinski definition) is 4. The molecule has 0 radical (unpaired) electrons. The van der Waals surface area contributed by atoms with Crippen LogP contribution in [0.25, 0.3) is 0 Å². The molecule has 30 heavy (non-hydrogen) atoms. The van der Waals surface area contributed by atoms with E-state index in [-0.39, 0.29) is 11.4 Å². The van der Waals surface area contributed by atoms with Crippen molar-refractivity contribution in [1.82, 2.24) is 5.43 Å². The van der Waals surface area contributed by atoms with E-state index >= 15 is 0 Å². The van der Waals surface area contributed by atoms with Crippen LogP contribution in [0, 0.1) is 0 Å². The van der Waals surface area contributed by atoms with Gasteiger partial charge in [-0.3, -0.25) is 4.79 Å². The van der Waals surface area contributed by atoms with Gasteiger partial charge in [0.2, 0.25) is 0 Å². The summed E-state index contributed by atoms with van der Waals surface area (Å²) < 4.78 is 6.51. The lowest BCUT2D eigenvalue weighted by molar-refractivity contribution is 0.0955. The van der Waals surface area contributed by atoms with Crippen molar-refractivity contribution < 1.29 is 9.53 Å². The normalized spacial score (nSPS) is 17.7. The highest BCUT2D eigenvalue weighted by Gasteiger charge is 2.36. The molecular formula is C24H30BrN3O2. The fraction of sp³-hybridized carbons (Fsp3) is 0.417. The highest BCUT2D eigenvalue weighted by atomic mass is 79.9. The Morgan fingerprint density at radius 1 is 1.37 bits per heavy atom. The van der Waals surface area contributed by atoms with Crippen LogP contribution in [0.2, 0.25) is 0 Å². The van der Waals surface area contributed by atoms with E-state index in [1.807, 2.05) is 12.1 Å². The Hall–Kier alpha value is -2.34. The molecule has 1 atom stereocenters. The zero-order valence-electron chi connectivity index (χ0n) is 18.3. The summed E-state index contributed by atoms with van der Waals surface area (Å²) in [5.74, 6) is 0.923. The van der Waals surface area contributed by atoms with E-state index in [4.69, 9.17) is 4.74 Å². The average molecular weight is 472 g/mol. The van der Waals surface area contributed by atoms with Gasteiger partial charge in [-0.1, -0.05) is 35.8 Å². The minimum absolute atomic E-state index is 0.0982. The lowest BCUT2D eigenvalue weighted by atomic mass is 9.79. The van der Waals surface area contributed by atoms with Gasteiger partial charge in [0.25, 0.3) is 5.91 Å². The standard InChI is InChI=1S/C24H30BrN3O2/c1-6-10-28-21-13-22(30-5)18(12-20(21)16(2)14-24(28,3)4)15-26-27-23(29)17-8-7-9-19(25)11-17/h7-9,11-13,15-16H,6,10,14H2,1-5H3,(H,27,29)/b26-15-. The fourth-order valence-electron chi connectivity index (χ4n) is 4.31. The van der Waals surface area contributed by atoms with Gasteiger partial charge < -0.3 is 9.64 Å². The molecule has 1 N–H and O–H groups in total. The molecule has 0 bridgehead atoms. The summed E-state index contributed by atoms with van der Waals surface area (Å²) in [6, 6.07) is 11.5. The number of anilines is 1. The Morgan fingerprint density at radius 2 is 2.13 bits per heavy atom. The molecule has 0 aromatic heterocycles. The topological polar surface area (TPSA) is 53.9 Å². The second kappa shape index (κ2) is 9.21. The van der Waals surface area contributed by atoms with Gasteiger partial charge in [0.15, 0.2) is 0 Å². The molecule has 0 saturated heterocycles. The van der Waals surface area contributed by atoms with E-state index in [2.05, 4.69) is 71.2 Å². The first-order valence-electron chi connectivity index (χ1n) is 10.4. The Balaban J connectivity index is 1.88. The molecule has 1 amide bonds. The Bertz CT molecular complexity index is 955. The first-order valence-corrected chi connectivity index (χ1v) is 11.1. The second-order valence-corrected chi connectivity index (χ2v) is 9.35. The molecule has 0 aliphatic carbocycles. The number of fused-ring (bicyclic) bond motifs is 1. The van der Waals surface area contributed by atoms with E-state index in [0.717, 1.165) is 35.2 Å². The van der Waals surface area contributed by atoms with Crippen LogP contribution in [-0.4, -0.2) is 31.3 Å². The lowest BCUT2D eigenvalue weighted by Crippen LogP contribution is -2.48. The zero-order valence-corrected chi connectivity index (χ0v) is 19.9. The number of nitrogens with one attached hydrogen (secondary N) is 1. The molecule has 2 aromatic rings. The SMILES string of the molecule is CCCN1c2cc(OC)c(/C=N\NC(=O)c3cccc(Br)c3)cc2C(C)CC1(C)C. The number of hydrogen-bond donors (Lipinski definition) is 1. The number of carbonyl (C=O) groups excluding carboxylic acids is 1. The van der Waals surface area contributed by atoms with Crippen molar-refractivity contribution in [2.75, 3.05) is 18.6 Å². The van der Waals surface area contributed by atoms with Gasteiger partial charge in [-0.05, 0) is 62.4 Å². The predicted molar refractivity (Wildman–Crippen MR) is 127 cm³/mol. The minimum atomic E-state index is -0.256. The molecular weight excluding hydrogens is 442 g/mol. The summed E-state index contributed by atoms with van der Waals surface area (Å²) in [6.45, 7) is 10.1. The molecule has 1 aliphatic rings. The molecule has 1 heterocycles. The van der Waals surface area contributed by atoms with Gasteiger partial charge >= 0.3 is 0 Å². The largest absolute Gasteiger partial charge is 0.496 e. The summed E-state index contributed by atoms with van der Waals surface area (Å²) in [4.78, 5) is 14.8. The molecule has 6 heteroatoms. The maximum absolute atomic E-state index is 12.3. The number of halogens is 1. The van der Waals surface area contributed by atoms with Gasteiger partial charge in [-0.2, -0.15) is 5.10 Å². The van der Waals surface area contributed by atoms with Crippen molar-refractivity contribution in [3.05, 3.63) is 57.6 Å². The average Bonchev–Trinajstić information content (AvgIpc) is 2.70. The number of amides is 1. The minimum Gasteiger partial charge on any atom is -0.496 e. The maximum atomic E-state index is 12.3. The number of rotatable bonds is 6. The van der Waals surface area contributed by atoms with Crippen LogP contribution >= 0.6 is 15.9 Å². The smallest absolute Gasteiger partial charge is 0.271 e. The number of methoxy groups -OCH3 is 1. The van der Waals surface area contributed by atoms with E-state index in [9.17, 15) is 4.79 Å². The third-order valence-electron chi connectivity index (χ3n) is 5.64. The van der Waals surface area contributed by atoms with Crippen LogP contribution in [0.4, 0.5) is 5.69 Å². The summed E-state index contributed by atoms with van der Waals surface area (Å²) in [7, 11) is 1.67. The van der Waals surface area contributed by atoms with Crippen LogP contribution in [0.15, 0.2) is 46.0 Å². The molecule has 160 valence electrons. The Kier molecular flexibility index (Phi) is 6.86. The van der Waals surface area contributed by atoms with Crippen LogP contribution in [0.1, 0.15) is 67.9 Å². The van der Waals surface area contributed by atoms with Crippen molar-refractivity contribution in [2.45, 2.75) is 52.0 Å². The third-order valence-corrected chi connectivity index (χ3v) is 6.13. The number of nitrogens with zero attached hydrogens (tertiary/aromatic N) is 2. The number of hydrazone groups is 1. The van der Waals surface area contributed by atoms with E-state index < -0.39 is 0 Å². The molecule has 5 nitrogen and oxygen atoms in total. The molecule has 1 unspecified atom stereocenters. The number of benzene rings is 2. The van der Waals surface area contributed by atoms with E-state index in [0.29, 0.717) is 11.5 Å². The first kappa shape index (κ1) is 22.3. The summed E-state index contributed by atoms with van der Waals surface area (Å²) in [6.07, 6.45) is 3.83. The van der Waals surface area contributed by atoms with E-state index in [1.54, 1.807) is 25.5 Å². The molecule has 0 fully saturated rings. The fourth-order valence-corrected chi connectivity index (χ4v) is 4.71. The molecule has 0 saturated carbocycles. The van der Waals surface area contributed by atoms with Gasteiger partial charge in [0.05, 0.1) is 13.3 Å². The molecule has 0 spiro atoms. The molecule has 3 rings (SSSR count). The molecule has 2 aromatic carbocycles. The van der Waals surface area contributed by atoms with Crippen LogP contribution in [0.5, 0.6) is 5.75 Å². The Morgan fingerprint density at radius 3 is 2.80 bits per heavy atom. The van der Waals surface area contributed by atoms with Gasteiger partial charge in [0, 0.05) is 39.4 Å². The quantitative estimate of drug-likeness (QED) is 0.432. The van der Waals surface area contributed by atoms with Gasteiger partial charge in [-0.15, -0.1) is 0 Å². The Labute approximate surface area is 187 Å². The van der Waals surface area contributed by atoms with Gasteiger partial charge in [0.1, 0.15) is 5.75 Å². The first-order chi connectivity index (χ1) is 14.3. The predicted octanol–water partition coefficient (Wildman–Crippen LogP) is 5.72. The van der Waals surface area contributed by atoms with Crippen LogP contribution in [0.3, 0.4) is 0 Å². The maximum Gasteiger partial charge on any atom is 0.271 e. The third kappa shape index (κ3) is 4.69. The summed E-state index contributed by atoms with van der Waals surface area (Å²) in [5.41, 5.74) is 6.63. The highest BCUT2D eigenvalue weighted by molar-refractivity contribution is 9.10. The second-order valence-electron chi connectivity index (χ2n) is 8.43. The van der Waals surface area contributed by atoms with Crippen molar-refractivity contribution in [3.8, 4) is 5.75 Å². The monoisotopic (exact) mass is 471 g/mol. The zero-order chi connectivity index (χ0) is 21.9.